The van der Waals surface area contributed by atoms with Crippen molar-refractivity contribution in [3.8, 4) is 18.1 Å². The van der Waals surface area contributed by atoms with Crippen LogP contribution in [-0.2, 0) is 24.3 Å². The van der Waals surface area contributed by atoms with Gasteiger partial charge in [-0.15, -0.1) is 6.42 Å². The van der Waals surface area contributed by atoms with Gasteiger partial charge >= 0.3 is 0 Å². The van der Waals surface area contributed by atoms with Crippen molar-refractivity contribution in [2.24, 2.45) is 0 Å². The molecular formula is C26H29IN2O7S. The summed E-state index contributed by atoms with van der Waals surface area (Å²) in [7, 11) is -2.39. The van der Waals surface area contributed by atoms with Gasteiger partial charge in [0.1, 0.15) is 5.75 Å². The van der Waals surface area contributed by atoms with Crippen molar-refractivity contribution >= 4 is 38.5 Å². The molecule has 0 aromatic heterocycles. The molecule has 11 heteroatoms. The highest BCUT2D eigenvalue weighted by molar-refractivity contribution is 14.1. The Morgan fingerprint density at radius 3 is 2.54 bits per heavy atom. The van der Waals surface area contributed by atoms with E-state index in [9.17, 15) is 18.3 Å². The number of methoxy groups -OCH3 is 1. The second-order valence-corrected chi connectivity index (χ2v) is 11.2. The number of hydrogen-bond acceptors (Lipinski definition) is 7. The second-order valence-electron chi connectivity index (χ2n) is 8.03. The highest BCUT2D eigenvalue weighted by Crippen LogP contribution is 2.32. The van der Waals surface area contributed by atoms with Gasteiger partial charge in [-0.3, -0.25) is 4.79 Å². The van der Waals surface area contributed by atoms with Crippen LogP contribution in [0.25, 0.3) is 0 Å². The molecule has 1 amide bonds. The van der Waals surface area contributed by atoms with Gasteiger partial charge in [0.25, 0.3) is 5.91 Å². The van der Waals surface area contributed by atoms with E-state index in [1.54, 1.807) is 18.2 Å². The number of aliphatic hydroxyl groups is 1. The Kier molecular flexibility index (Phi) is 10.8. The zero-order valence-corrected chi connectivity index (χ0v) is 23.3. The van der Waals surface area contributed by atoms with Gasteiger partial charge < -0.3 is 24.6 Å². The van der Waals surface area contributed by atoms with Crippen LogP contribution in [0.2, 0.25) is 0 Å². The molecule has 1 heterocycles. The number of terminal acetylenes is 1. The van der Waals surface area contributed by atoms with Crippen molar-refractivity contribution in [3.05, 3.63) is 69.5 Å². The van der Waals surface area contributed by atoms with Gasteiger partial charge in [0.05, 0.1) is 31.8 Å². The monoisotopic (exact) mass is 640 g/mol. The van der Waals surface area contributed by atoms with Crippen molar-refractivity contribution in [2.75, 3.05) is 40.0 Å². The van der Waals surface area contributed by atoms with Crippen molar-refractivity contribution < 1.29 is 32.5 Å². The van der Waals surface area contributed by atoms with E-state index in [2.05, 4.69) is 33.8 Å². The van der Waals surface area contributed by atoms with Gasteiger partial charge in [-0.05, 0) is 70.6 Å². The molecule has 2 aromatic carbocycles. The van der Waals surface area contributed by atoms with E-state index in [-0.39, 0.29) is 49.4 Å². The molecule has 0 unspecified atom stereocenters. The lowest BCUT2D eigenvalue weighted by Gasteiger charge is -2.30. The maximum Gasteiger partial charge on any atom is 0.286 e. The molecule has 0 fully saturated rings. The fourth-order valence-electron chi connectivity index (χ4n) is 3.73. The Hall–Kier alpha value is -2.63. The van der Waals surface area contributed by atoms with Gasteiger partial charge in [-0.25, -0.2) is 8.42 Å². The molecule has 0 saturated carbocycles. The maximum atomic E-state index is 13.1. The molecule has 0 spiro atoms. The Morgan fingerprint density at radius 2 is 1.92 bits per heavy atom. The maximum absolute atomic E-state index is 13.1. The Morgan fingerprint density at radius 1 is 1.22 bits per heavy atom. The SMILES string of the molecule is C#CCNC(=O)C1=C[C@H](c2ccc(I)cc2)C[C@H](OCCN(CCO)S(=O)(=O)c2ccc(OC)cc2)O1. The summed E-state index contributed by atoms with van der Waals surface area (Å²) in [5.41, 5.74) is 0.989. The molecule has 2 atom stereocenters. The number of carbonyl (C=O) groups is 1. The summed E-state index contributed by atoms with van der Waals surface area (Å²) in [6, 6.07) is 13.9. The zero-order chi connectivity index (χ0) is 26.8. The number of benzene rings is 2. The normalized spacial score (nSPS) is 17.4. The largest absolute Gasteiger partial charge is 0.497 e. The Bertz CT molecular complexity index is 1230. The number of aliphatic hydroxyl groups excluding tert-OH is 1. The topological polar surface area (TPSA) is 114 Å². The van der Waals surface area contributed by atoms with Crippen molar-refractivity contribution in [3.63, 3.8) is 0 Å². The lowest BCUT2D eigenvalue weighted by Crippen LogP contribution is -2.38. The molecule has 1 aliphatic rings. The summed E-state index contributed by atoms with van der Waals surface area (Å²) < 4.78 is 45.2. The molecular weight excluding hydrogens is 611 g/mol. The molecule has 198 valence electrons. The molecule has 2 aromatic rings. The van der Waals surface area contributed by atoms with E-state index >= 15 is 0 Å². The third-order valence-electron chi connectivity index (χ3n) is 5.62. The number of hydrogen-bond donors (Lipinski definition) is 2. The van der Waals surface area contributed by atoms with Crippen LogP contribution in [0.3, 0.4) is 0 Å². The number of allylic oxidation sites excluding steroid dienone is 1. The fraction of sp³-hybridized carbons (Fsp3) is 0.346. The van der Waals surface area contributed by atoms with Crippen LogP contribution < -0.4 is 10.1 Å². The number of sulfonamides is 1. The summed E-state index contributed by atoms with van der Waals surface area (Å²) in [5.74, 6) is 2.37. The number of amides is 1. The summed E-state index contributed by atoms with van der Waals surface area (Å²) in [4.78, 5) is 12.6. The third-order valence-corrected chi connectivity index (χ3v) is 8.25. The summed E-state index contributed by atoms with van der Waals surface area (Å²) in [6.45, 7) is -0.441. The molecule has 3 rings (SSSR count). The predicted molar refractivity (Wildman–Crippen MR) is 146 cm³/mol. The molecule has 0 aliphatic carbocycles. The van der Waals surface area contributed by atoms with Crippen LogP contribution >= 0.6 is 22.6 Å². The average molecular weight is 640 g/mol. The van der Waals surface area contributed by atoms with E-state index < -0.39 is 22.2 Å². The van der Waals surface area contributed by atoms with Crippen molar-refractivity contribution in [2.45, 2.75) is 23.5 Å². The molecule has 0 radical (unpaired) electrons. The minimum Gasteiger partial charge on any atom is -0.497 e. The van der Waals surface area contributed by atoms with E-state index in [4.69, 9.17) is 20.6 Å². The quantitative estimate of drug-likeness (QED) is 0.271. The standard InChI is InChI=1S/C26H29IN2O7S/c1-3-12-28-26(31)24-17-20(19-4-6-21(27)7-5-19)18-25(36-24)35-16-14-29(13-15-30)37(32,33)23-10-8-22(34-2)9-11-23/h1,4-11,17,20,25,30H,12-16,18H2,2H3,(H,28,31)/t20-,25+/m0/s1. The molecule has 2 N–H and O–H groups in total. The molecule has 0 saturated heterocycles. The highest BCUT2D eigenvalue weighted by Gasteiger charge is 2.30. The fourth-order valence-corrected chi connectivity index (χ4v) is 5.50. The summed E-state index contributed by atoms with van der Waals surface area (Å²) >= 11 is 2.22. The Balaban J connectivity index is 1.71. The number of rotatable bonds is 12. The van der Waals surface area contributed by atoms with Gasteiger partial charge in [-0.2, -0.15) is 4.31 Å². The average Bonchev–Trinajstić information content (AvgIpc) is 2.91. The first-order valence-corrected chi connectivity index (χ1v) is 14.0. The van der Waals surface area contributed by atoms with Gasteiger partial charge in [-0.1, -0.05) is 18.1 Å². The number of nitrogens with one attached hydrogen (secondary N) is 1. The van der Waals surface area contributed by atoms with E-state index in [1.165, 1.54) is 19.2 Å². The van der Waals surface area contributed by atoms with Gasteiger partial charge in [0.2, 0.25) is 16.3 Å². The second kappa shape index (κ2) is 13.8. The number of nitrogens with zero attached hydrogens (tertiary/aromatic N) is 1. The minimum atomic E-state index is -3.88. The smallest absolute Gasteiger partial charge is 0.286 e. The van der Waals surface area contributed by atoms with Crippen LogP contribution in [0.15, 0.2) is 65.3 Å². The first kappa shape index (κ1) is 28.9. The summed E-state index contributed by atoms with van der Waals surface area (Å²) in [5, 5.41) is 12.1. The first-order chi connectivity index (χ1) is 17.8. The Labute approximate surface area is 231 Å². The van der Waals surface area contributed by atoms with Gasteiger partial charge in [0.15, 0.2) is 5.76 Å². The molecule has 0 bridgehead atoms. The first-order valence-electron chi connectivity index (χ1n) is 11.5. The minimum absolute atomic E-state index is 0.0152. The predicted octanol–water partition coefficient (Wildman–Crippen LogP) is 2.46. The van der Waals surface area contributed by atoms with Crippen LogP contribution in [0, 0.1) is 15.9 Å². The number of halogens is 1. The van der Waals surface area contributed by atoms with E-state index in [0.717, 1.165) is 13.4 Å². The highest BCUT2D eigenvalue weighted by atomic mass is 127. The third kappa shape index (κ3) is 7.93. The van der Waals surface area contributed by atoms with Crippen molar-refractivity contribution in [1.82, 2.24) is 9.62 Å². The lowest BCUT2D eigenvalue weighted by atomic mass is 9.93. The number of ether oxygens (including phenoxy) is 3. The van der Waals surface area contributed by atoms with Crippen molar-refractivity contribution in [1.29, 1.82) is 0 Å². The molecule has 1 aliphatic heterocycles. The van der Waals surface area contributed by atoms with Crippen LogP contribution in [0.1, 0.15) is 17.9 Å². The lowest BCUT2D eigenvalue weighted by molar-refractivity contribution is -0.146. The molecule has 9 nitrogen and oxygen atoms in total. The zero-order valence-electron chi connectivity index (χ0n) is 20.3. The molecule has 37 heavy (non-hydrogen) atoms. The van der Waals surface area contributed by atoms with Crippen LogP contribution in [0.4, 0.5) is 0 Å². The van der Waals surface area contributed by atoms with Crippen LogP contribution in [0.5, 0.6) is 5.75 Å². The van der Waals surface area contributed by atoms with Crippen LogP contribution in [-0.4, -0.2) is 70.0 Å². The van der Waals surface area contributed by atoms with Gasteiger partial charge in [0, 0.05) is 29.0 Å². The summed E-state index contributed by atoms with van der Waals surface area (Å²) in [6.07, 6.45) is 6.62. The van der Waals surface area contributed by atoms with E-state index in [1.807, 2.05) is 24.3 Å². The number of carbonyl (C=O) groups excluding carboxylic acids is 1. The van der Waals surface area contributed by atoms with E-state index in [0.29, 0.717) is 12.2 Å².